The number of Topliss-reactive ketones (excluding diaryl/α,β-unsaturated/α-hetero) is 1. The first-order valence-electron chi connectivity index (χ1n) is 9.68. The summed E-state index contributed by atoms with van der Waals surface area (Å²) in [7, 11) is -4.26. The number of anilines is 1. The van der Waals surface area contributed by atoms with Gasteiger partial charge in [-0.25, -0.2) is 17.6 Å². The van der Waals surface area contributed by atoms with Crippen molar-refractivity contribution in [2.45, 2.75) is 4.90 Å². The van der Waals surface area contributed by atoms with Gasteiger partial charge < -0.3 is 4.74 Å². The fourth-order valence-corrected chi connectivity index (χ4v) is 4.87. The molecule has 0 spiro atoms. The molecule has 0 bridgehead atoms. The van der Waals surface area contributed by atoms with Crippen molar-refractivity contribution >= 4 is 39.1 Å². The average molecular weight is 488 g/mol. The van der Waals surface area contributed by atoms with Crippen LogP contribution in [0.2, 0.25) is 5.02 Å². The summed E-state index contributed by atoms with van der Waals surface area (Å²) in [4.78, 5) is 24.3. The molecule has 0 amide bonds. The van der Waals surface area contributed by atoms with Crippen LogP contribution in [0.1, 0.15) is 20.7 Å². The van der Waals surface area contributed by atoms with Gasteiger partial charge in [0.15, 0.2) is 12.4 Å². The minimum Gasteiger partial charge on any atom is -0.454 e. The SMILES string of the molecule is C=CCN(c1ccc(F)cc1)S(=O)(=O)c1cc(C(=O)OCC(=O)c2ccccc2)ccc1Cl. The Kier molecular flexibility index (Phi) is 7.63. The lowest BCUT2D eigenvalue weighted by atomic mass is 10.1. The Bertz CT molecular complexity index is 1280. The number of hydrogen-bond acceptors (Lipinski definition) is 5. The number of ketones is 1. The van der Waals surface area contributed by atoms with E-state index in [1.165, 1.54) is 30.3 Å². The molecule has 0 aliphatic heterocycles. The summed E-state index contributed by atoms with van der Waals surface area (Å²) in [6, 6.07) is 16.8. The number of hydrogen-bond donors (Lipinski definition) is 0. The summed E-state index contributed by atoms with van der Waals surface area (Å²) < 4.78 is 46.1. The van der Waals surface area contributed by atoms with Crippen LogP contribution in [0, 0.1) is 5.82 Å². The topological polar surface area (TPSA) is 80.8 Å². The van der Waals surface area contributed by atoms with Crippen LogP contribution < -0.4 is 4.31 Å². The Hall–Kier alpha value is -3.49. The predicted octanol–water partition coefficient (Wildman–Crippen LogP) is 4.90. The lowest BCUT2D eigenvalue weighted by Gasteiger charge is -2.24. The number of carbonyl (C=O) groups excluding carboxylic acids is 2. The highest BCUT2D eigenvalue weighted by molar-refractivity contribution is 7.93. The van der Waals surface area contributed by atoms with Gasteiger partial charge in [-0.3, -0.25) is 9.10 Å². The molecule has 33 heavy (non-hydrogen) atoms. The van der Waals surface area contributed by atoms with Gasteiger partial charge in [0.05, 0.1) is 22.8 Å². The number of rotatable bonds is 9. The molecule has 3 aromatic carbocycles. The van der Waals surface area contributed by atoms with E-state index < -0.39 is 34.2 Å². The maximum atomic E-state index is 13.3. The normalized spacial score (nSPS) is 11.0. The monoisotopic (exact) mass is 487 g/mol. The molecule has 0 aliphatic carbocycles. The summed E-state index contributed by atoms with van der Waals surface area (Å²) in [6.07, 6.45) is 1.36. The molecular weight excluding hydrogens is 469 g/mol. The number of nitrogens with zero attached hydrogens (tertiary/aromatic N) is 1. The molecule has 0 N–H and O–H groups in total. The summed E-state index contributed by atoms with van der Waals surface area (Å²) in [5.74, 6) is -1.81. The standard InChI is InChI=1S/C24H19ClFNO5S/c1-2-14-27(20-11-9-19(26)10-12-20)33(30,31)23-15-18(8-13-21(23)25)24(29)32-16-22(28)17-6-4-3-5-7-17/h2-13,15H,1,14,16H2. The van der Waals surface area contributed by atoms with E-state index in [-0.39, 0.29) is 27.7 Å². The van der Waals surface area contributed by atoms with Crippen LogP contribution in [-0.4, -0.2) is 33.3 Å². The summed E-state index contributed by atoms with van der Waals surface area (Å²) in [5, 5.41) is -0.122. The van der Waals surface area contributed by atoms with Crippen molar-refractivity contribution < 1.29 is 27.1 Å². The first-order chi connectivity index (χ1) is 15.7. The van der Waals surface area contributed by atoms with Crippen molar-refractivity contribution in [3.63, 3.8) is 0 Å². The van der Waals surface area contributed by atoms with Crippen LogP contribution in [-0.2, 0) is 14.8 Å². The quantitative estimate of drug-likeness (QED) is 0.243. The molecule has 3 rings (SSSR count). The highest BCUT2D eigenvalue weighted by atomic mass is 35.5. The minimum atomic E-state index is -4.26. The summed E-state index contributed by atoms with van der Waals surface area (Å²) in [6.45, 7) is 2.94. The molecule has 0 saturated heterocycles. The van der Waals surface area contributed by atoms with Crippen molar-refractivity contribution in [2.75, 3.05) is 17.5 Å². The molecule has 3 aromatic rings. The van der Waals surface area contributed by atoms with Gasteiger partial charge in [0.1, 0.15) is 10.7 Å². The highest BCUT2D eigenvalue weighted by Gasteiger charge is 2.28. The Morgan fingerprint density at radius 2 is 1.67 bits per heavy atom. The van der Waals surface area contributed by atoms with Gasteiger partial charge in [-0.1, -0.05) is 48.0 Å². The molecule has 9 heteroatoms. The Balaban J connectivity index is 1.87. The molecule has 0 radical (unpaired) electrons. The molecule has 0 saturated carbocycles. The maximum absolute atomic E-state index is 13.3. The second kappa shape index (κ2) is 10.4. The third kappa shape index (κ3) is 5.66. The van der Waals surface area contributed by atoms with E-state index in [2.05, 4.69) is 6.58 Å². The smallest absolute Gasteiger partial charge is 0.338 e. The van der Waals surface area contributed by atoms with Crippen LogP contribution in [0.4, 0.5) is 10.1 Å². The van der Waals surface area contributed by atoms with Gasteiger partial charge >= 0.3 is 5.97 Å². The zero-order chi connectivity index (χ0) is 24.0. The van der Waals surface area contributed by atoms with Crippen LogP contribution in [0.25, 0.3) is 0 Å². The average Bonchev–Trinajstić information content (AvgIpc) is 2.82. The minimum absolute atomic E-state index is 0.100. The molecule has 6 nitrogen and oxygen atoms in total. The number of esters is 1. The van der Waals surface area contributed by atoms with Crippen molar-refractivity contribution in [2.24, 2.45) is 0 Å². The Labute approximate surface area is 195 Å². The van der Waals surface area contributed by atoms with Gasteiger partial charge in [-0.15, -0.1) is 6.58 Å². The highest BCUT2D eigenvalue weighted by Crippen LogP contribution is 2.30. The van der Waals surface area contributed by atoms with Gasteiger partial charge in [-0.05, 0) is 42.5 Å². The van der Waals surface area contributed by atoms with Gasteiger partial charge in [0.25, 0.3) is 10.0 Å². The maximum Gasteiger partial charge on any atom is 0.338 e. The molecule has 0 unspecified atom stereocenters. The summed E-state index contributed by atoms with van der Waals surface area (Å²) >= 11 is 6.15. The second-order valence-corrected chi connectivity index (χ2v) is 9.05. The third-order valence-electron chi connectivity index (χ3n) is 4.57. The third-order valence-corrected chi connectivity index (χ3v) is 6.85. The van der Waals surface area contributed by atoms with Crippen molar-refractivity contribution in [1.82, 2.24) is 0 Å². The Morgan fingerprint density at radius 3 is 2.30 bits per heavy atom. The number of benzene rings is 3. The number of halogens is 2. The van der Waals surface area contributed by atoms with Gasteiger partial charge in [0, 0.05) is 5.56 Å². The van der Waals surface area contributed by atoms with Crippen molar-refractivity contribution in [3.8, 4) is 0 Å². The van der Waals surface area contributed by atoms with E-state index in [0.717, 1.165) is 22.5 Å². The molecule has 0 aromatic heterocycles. The first-order valence-corrected chi connectivity index (χ1v) is 11.5. The number of ether oxygens (including phenoxy) is 1. The molecule has 0 heterocycles. The van der Waals surface area contributed by atoms with E-state index in [9.17, 15) is 22.4 Å². The zero-order valence-electron chi connectivity index (χ0n) is 17.3. The van der Waals surface area contributed by atoms with E-state index in [1.54, 1.807) is 30.3 Å². The number of carbonyl (C=O) groups is 2. The molecular formula is C24H19ClFNO5S. The van der Waals surface area contributed by atoms with E-state index in [1.807, 2.05) is 0 Å². The largest absolute Gasteiger partial charge is 0.454 e. The van der Waals surface area contributed by atoms with Gasteiger partial charge in [-0.2, -0.15) is 0 Å². The molecule has 0 fully saturated rings. The van der Waals surface area contributed by atoms with Crippen LogP contribution in [0.5, 0.6) is 0 Å². The summed E-state index contributed by atoms with van der Waals surface area (Å²) in [5.41, 5.74) is 0.467. The number of sulfonamides is 1. The fourth-order valence-electron chi connectivity index (χ4n) is 2.94. The fraction of sp³-hybridized carbons (Fsp3) is 0.0833. The lowest BCUT2D eigenvalue weighted by Crippen LogP contribution is -2.31. The predicted molar refractivity (Wildman–Crippen MR) is 124 cm³/mol. The van der Waals surface area contributed by atoms with Gasteiger partial charge in [0.2, 0.25) is 0 Å². The molecule has 0 aliphatic rings. The van der Waals surface area contributed by atoms with E-state index in [4.69, 9.17) is 16.3 Å². The first kappa shape index (κ1) is 24.2. The second-order valence-electron chi connectivity index (χ2n) is 6.81. The van der Waals surface area contributed by atoms with Crippen molar-refractivity contribution in [1.29, 1.82) is 0 Å². The lowest BCUT2D eigenvalue weighted by molar-refractivity contribution is 0.0474. The van der Waals surface area contributed by atoms with Crippen LogP contribution in [0.3, 0.4) is 0 Å². The van der Waals surface area contributed by atoms with E-state index >= 15 is 0 Å². The van der Waals surface area contributed by atoms with Crippen LogP contribution in [0.15, 0.2) is 90.3 Å². The Morgan fingerprint density at radius 1 is 1.00 bits per heavy atom. The molecule has 170 valence electrons. The molecule has 0 atom stereocenters. The van der Waals surface area contributed by atoms with E-state index in [0.29, 0.717) is 5.56 Å². The zero-order valence-corrected chi connectivity index (χ0v) is 18.9. The van der Waals surface area contributed by atoms with Crippen molar-refractivity contribution in [3.05, 3.63) is 107 Å². The van der Waals surface area contributed by atoms with Crippen LogP contribution >= 0.6 is 11.6 Å².